The van der Waals surface area contributed by atoms with Crippen molar-refractivity contribution in [3.05, 3.63) is 63.7 Å². The number of nitriles is 1. The number of halogens is 3. The zero-order chi connectivity index (χ0) is 27.3. The number of carbonyl (C=O) groups excluding carboxylic acids is 1. The molecule has 1 aliphatic carbocycles. The molecule has 1 saturated heterocycles. The van der Waals surface area contributed by atoms with Crippen LogP contribution in [0.15, 0.2) is 42.5 Å². The second kappa shape index (κ2) is 11.7. The van der Waals surface area contributed by atoms with E-state index in [1.54, 1.807) is 17.0 Å². The number of carbonyl (C=O) groups is 1. The summed E-state index contributed by atoms with van der Waals surface area (Å²) < 4.78 is 45.6. The van der Waals surface area contributed by atoms with E-state index in [-0.39, 0.29) is 30.3 Å². The molecular weight excluding hydrogens is 503 g/mol. The van der Waals surface area contributed by atoms with Crippen molar-refractivity contribution in [2.45, 2.75) is 44.0 Å². The summed E-state index contributed by atoms with van der Waals surface area (Å²) in [5.41, 5.74) is -0.448. The summed E-state index contributed by atoms with van der Waals surface area (Å²) in [6, 6.07) is 12.3. The molecule has 202 valence electrons. The number of ether oxygens (including phenoxy) is 1. The number of nitro groups is 1. The van der Waals surface area contributed by atoms with Crippen molar-refractivity contribution in [3.63, 3.8) is 0 Å². The lowest BCUT2D eigenvalue weighted by Gasteiger charge is -2.36. The van der Waals surface area contributed by atoms with E-state index in [1.807, 2.05) is 12.1 Å². The maximum Gasteiger partial charge on any atom is 0.423 e. The molecule has 1 N–H and O–H groups in total. The highest BCUT2D eigenvalue weighted by molar-refractivity contribution is 5.77. The van der Waals surface area contributed by atoms with E-state index in [1.165, 1.54) is 6.07 Å². The molecule has 1 heterocycles. The Morgan fingerprint density at radius 1 is 1.08 bits per heavy atom. The molecule has 0 atom stereocenters. The number of amides is 1. The Labute approximate surface area is 217 Å². The molecule has 1 aliphatic heterocycles. The zero-order valence-electron chi connectivity index (χ0n) is 20.6. The number of piperazine rings is 1. The fraction of sp³-hybridized carbons (Fsp3) is 0.462. The van der Waals surface area contributed by atoms with E-state index in [4.69, 9.17) is 10.00 Å². The van der Waals surface area contributed by atoms with Gasteiger partial charge in [-0.05, 0) is 62.1 Å². The third-order valence-electron chi connectivity index (χ3n) is 6.98. The quantitative estimate of drug-likeness (QED) is 0.411. The number of anilines is 2. The molecule has 1 amide bonds. The third-order valence-corrected chi connectivity index (χ3v) is 6.98. The van der Waals surface area contributed by atoms with Crippen LogP contribution in [0, 0.1) is 21.4 Å². The highest BCUT2D eigenvalue weighted by Gasteiger charge is 2.38. The number of nitro benzene ring substituents is 1. The van der Waals surface area contributed by atoms with E-state index >= 15 is 0 Å². The monoisotopic (exact) mass is 531 g/mol. The predicted molar refractivity (Wildman–Crippen MR) is 134 cm³/mol. The van der Waals surface area contributed by atoms with E-state index in [9.17, 15) is 28.1 Å². The minimum atomic E-state index is -4.82. The number of benzene rings is 2. The Balaban J connectivity index is 1.20. The molecule has 2 aliphatic rings. The molecule has 9 nitrogen and oxygen atoms in total. The Kier molecular flexibility index (Phi) is 8.36. The van der Waals surface area contributed by atoms with Crippen LogP contribution in [-0.4, -0.2) is 60.7 Å². The normalized spacial score (nSPS) is 20.1. The van der Waals surface area contributed by atoms with Crippen LogP contribution in [0.1, 0.15) is 36.8 Å². The summed E-state index contributed by atoms with van der Waals surface area (Å²) in [5.74, 6) is -0.0738. The van der Waals surface area contributed by atoms with Crippen LogP contribution in [0.5, 0.6) is 0 Å². The topological polar surface area (TPSA) is 112 Å². The number of hydrogen-bond acceptors (Lipinski definition) is 7. The Bertz CT molecular complexity index is 1180. The molecule has 38 heavy (non-hydrogen) atoms. The molecule has 1 saturated carbocycles. The number of hydrogen-bond donors (Lipinski definition) is 1. The van der Waals surface area contributed by atoms with E-state index in [0.717, 1.165) is 17.8 Å². The van der Waals surface area contributed by atoms with Gasteiger partial charge >= 0.3 is 6.18 Å². The maximum absolute atomic E-state index is 13.2. The largest absolute Gasteiger partial charge is 0.423 e. The summed E-state index contributed by atoms with van der Waals surface area (Å²) in [6.07, 6.45) is -2.36. The average Bonchev–Trinajstić information content (AvgIpc) is 2.92. The van der Waals surface area contributed by atoms with Gasteiger partial charge in [-0.1, -0.05) is 0 Å². The number of nitrogens with zero attached hydrogens (tertiary/aromatic N) is 4. The van der Waals surface area contributed by atoms with Gasteiger partial charge in [0.1, 0.15) is 12.2 Å². The van der Waals surface area contributed by atoms with Gasteiger partial charge < -0.3 is 19.9 Å². The summed E-state index contributed by atoms with van der Waals surface area (Å²) in [4.78, 5) is 26.5. The van der Waals surface area contributed by atoms with Crippen LogP contribution in [0.4, 0.5) is 30.2 Å². The van der Waals surface area contributed by atoms with E-state index < -0.39 is 22.4 Å². The predicted octanol–water partition coefficient (Wildman–Crippen LogP) is 4.57. The molecule has 0 bridgehead atoms. The van der Waals surface area contributed by atoms with Gasteiger partial charge in [0.25, 0.3) is 5.69 Å². The van der Waals surface area contributed by atoms with Crippen molar-refractivity contribution in [2.24, 2.45) is 0 Å². The van der Waals surface area contributed by atoms with Gasteiger partial charge in [-0.3, -0.25) is 14.9 Å². The summed E-state index contributed by atoms with van der Waals surface area (Å²) in [5, 5.41) is 22.9. The first-order valence-corrected chi connectivity index (χ1v) is 12.4. The molecule has 2 aromatic rings. The standard InChI is InChI=1S/C26H28F3N5O4/c27-26(28,29)23-15-20(5-10-24(23)34(36)37)31-19-3-8-22(9-4-19)38-17-25(35)33-13-11-32(12-14-33)21-6-1-18(16-30)2-7-21/h1-2,5-7,10,15,19,22,31H,3-4,8-9,11-14,17H2. The van der Waals surface area contributed by atoms with Gasteiger partial charge in [-0.25, -0.2) is 0 Å². The fourth-order valence-electron chi connectivity index (χ4n) is 4.86. The molecule has 12 heteroatoms. The molecule has 0 radical (unpaired) electrons. The van der Waals surface area contributed by atoms with Crippen LogP contribution in [0.2, 0.25) is 0 Å². The highest BCUT2D eigenvalue weighted by Crippen LogP contribution is 2.38. The van der Waals surface area contributed by atoms with Crippen LogP contribution in [-0.2, 0) is 15.7 Å². The molecule has 2 fully saturated rings. The lowest BCUT2D eigenvalue weighted by Crippen LogP contribution is -2.50. The summed E-state index contributed by atoms with van der Waals surface area (Å²) in [7, 11) is 0. The van der Waals surface area contributed by atoms with Crippen LogP contribution in [0.3, 0.4) is 0 Å². The molecule has 2 aromatic carbocycles. The lowest BCUT2D eigenvalue weighted by molar-refractivity contribution is -0.388. The van der Waals surface area contributed by atoms with Gasteiger partial charge in [0.2, 0.25) is 5.91 Å². The second-order valence-electron chi connectivity index (χ2n) is 9.44. The average molecular weight is 532 g/mol. The minimum Gasteiger partial charge on any atom is -0.382 e. The number of alkyl halides is 3. The SMILES string of the molecule is N#Cc1ccc(N2CCN(C(=O)COC3CCC(Nc4ccc([N+](=O)[O-])c(C(F)(F)F)c4)CC3)CC2)cc1. The minimum absolute atomic E-state index is 0.0169. The highest BCUT2D eigenvalue weighted by atomic mass is 19.4. The Morgan fingerprint density at radius 2 is 1.74 bits per heavy atom. The smallest absolute Gasteiger partial charge is 0.382 e. The molecule has 0 spiro atoms. The third kappa shape index (κ3) is 6.72. The summed E-state index contributed by atoms with van der Waals surface area (Å²) in [6.45, 7) is 2.51. The number of nitrogens with one attached hydrogen (secondary N) is 1. The van der Waals surface area contributed by atoms with Gasteiger partial charge in [0.05, 0.1) is 22.7 Å². The zero-order valence-corrected chi connectivity index (χ0v) is 20.6. The van der Waals surface area contributed by atoms with Crippen LogP contribution in [0.25, 0.3) is 0 Å². The van der Waals surface area contributed by atoms with Crippen molar-refractivity contribution >= 4 is 23.0 Å². The molecule has 4 rings (SSSR count). The van der Waals surface area contributed by atoms with Crippen molar-refractivity contribution < 1.29 is 27.6 Å². The van der Waals surface area contributed by atoms with Crippen molar-refractivity contribution in [3.8, 4) is 6.07 Å². The number of rotatable bonds is 7. The maximum atomic E-state index is 13.2. The van der Waals surface area contributed by atoms with E-state index in [2.05, 4.69) is 16.3 Å². The first-order chi connectivity index (χ1) is 18.1. The Hall–Kier alpha value is -3.85. The first kappa shape index (κ1) is 27.2. The molecular formula is C26H28F3N5O4. The second-order valence-corrected chi connectivity index (χ2v) is 9.44. The van der Waals surface area contributed by atoms with Crippen LogP contribution < -0.4 is 10.2 Å². The molecule has 0 unspecified atom stereocenters. The van der Waals surface area contributed by atoms with Gasteiger partial charge in [0, 0.05) is 49.7 Å². The van der Waals surface area contributed by atoms with Crippen molar-refractivity contribution in [2.75, 3.05) is 43.0 Å². The van der Waals surface area contributed by atoms with Crippen molar-refractivity contribution in [1.82, 2.24) is 4.90 Å². The fourth-order valence-corrected chi connectivity index (χ4v) is 4.86. The van der Waals surface area contributed by atoms with Crippen LogP contribution >= 0.6 is 0 Å². The summed E-state index contributed by atoms with van der Waals surface area (Å²) >= 11 is 0. The van der Waals surface area contributed by atoms with Gasteiger partial charge in [-0.2, -0.15) is 18.4 Å². The molecule has 0 aromatic heterocycles. The van der Waals surface area contributed by atoms with Crippen molar-refractivity contribution in [1.29, 1.82) is 5.26 Å². The lowest BCUT2D eigenvalue weighted by atomic mass is 9.92. The van der Waals surface area contributed by atoms with E-state index in [0.29, 0.717) is 57.4 Å². The van der Waals surface area contributed by atoms with Gasteiger partial charge in [-0.15, -0.1) is 0 Å². The van der Waals surface area contributed by atoms with Gasteiger partial charge in [0.15, 0.2) is 0 Å². The Morgan fingerprint density at radius 3 is 2.32 bits per heavy atom. The first-order valence-electron chi connectivity index (χ1n) is 12.4.